The topological polar surface area (TPSA) is 47.3 Å². The molecule has 0 fully saturated rings. The van der Waals surface area contributed by atoms with Crippen LogP contribution in [0.1, 0.15) is 35.0 Å². The van der Waals surface area contributed by atoms with Crippen molar-refractivity contribution in [3.8, 4) is 5.75 Å². The van der Waals surface area contributed by atoms with Crippen molar-refractivity contribution in [1.29, 1.82) is 0 Å². The molecule has 0 amide bonds. The average Bonchev–Trinajstić information content (AvgIpc) is 3.11. The van der Waals surface area contributed by atoms with Gasteiger partial charge in [0.05, 0.1) is 17.6 Å². The smallest absolute Gasteiger partial charge is 0.143 e. The van der Waals surface area contributed by atoms with Gasteiger partial charge in [-0.25, -0.2) is 4.98 Å². The van der Waals surface area contributed by atoms with Crippen LogP contribution in [-0.2, 0) is 6.54 Å². The molecule has 0 aliphatic rings. The second-order valence-corrected chi connectivity index (χ2v) is 7.35. The Labute approximate surface area is 171 Å². The summed E-state index contributed by atoms with van der Waals surface area (Å²) in [5, 5.41) is 11.0. The fourth-order valence-corrected chi connectivity index (χ4v) is 3.75. The zero-order valence-corrected chi connectivity index (χ0v) is 16.9. The molecule has 4 nitrogen and oxygen atoms in total. The Morgan fingerprint density at radius 2 is 1.59 bits per heavy atom. The molecule has 1 heterocycles. The summed E-state index contributed by atoms with van der Waals surface area (Å²) in [4.78, 5) is 4.73. The highest BCUT2D eigenvalue weighted by Crippen LogP contribution is 2.26. The van der Waals surface area contributed by atoms with Crippen molar-refractivity contribution in [2.45, 2.75) is 32.9 Å². The van der Waals surface area contributed by atoms with Crippen molar-refractivity contribution in [1.82, 2.24) is 9.55 Å². The van der Waals surface area contributed by atoms with E-state index in [9.17, 15) is 5.11 Å². The SMILES string of the molecule is Cc1cccc(C)c1OCCCn1c(C(O)c2ccccc2)nc2ccccc21. The van der Waals surface area contributed by atoms with E-state index in [-0.39, 0.29) is 0 Å². The summed E-state index contributed by atoms with van der Waals surface area (Å²) in [6.45, 7) is 5.48. The van der Waals surface area contributed by atoms with Crippen molar-refractivity contribution >= 4 is 11.0 Å². The van der Waals surface area contributed by atoms with Crippen LogP contribution in [0.5, 0.6) is 5.75 Å². The lowest BCUT2D eigenvalue weighted by atomic mass is 10.1. The van der Waals surface area contributed by atoms with E-state index in [0.717, 1.165) is 46.4 Å². The highest BCUT2D eigenvalue weighted by atomic mass is 16.5. The number of para-hydroxylation sites is 3. The first kappa shape index (κ1) is 19.2. The van der Waals surface area contributed by atoms with Gasteiger partial charge in [0.15, 0.2) is 0 Å². The van der Waals surface area contributed by atoms with Crippen LogP contribution in [0.3, 0.4) is 0 Å². The minimum absolute atomic E-state index is 0.610. The van der Waals surface area contributed by atoms with Crippen LogP contribution in [0.25, 0.3) is 11.0 Å². The quantitative estimate of drug-likeness (QED) is 0.444. The third-order valence-corrected chi connectivity index (χ3v) is 5.23. The van der Waals surface area contributed by atoms with Gasteiger partial charge in [-0.3, -0.25) is 0 Å². The molecule has 4 heteroatoms. The Morgan fingerprint density at radius 3 is 2.34 bits per heavy atom. The molecule has 0 bridgehead atoms. The van der Waals surface area contributed by atoms with E-state index < -0.39 is 6.10 Å². The molecule has 1 aromatic heterocycles. The Bertz CT molecular complexity index is 1080. The average molecular weight is 386 g/mol. The van der Waals surface area contributed by atoms with E-state index in [4.69, 9.17) is 9.72 Å². The van der Waals surface area contributed by atoms with Crippen molar-refractivity contribution in [2.75, 3.05) is 6.61 Å². The molecule has 4 aromatic rings. The molecule has 148 valence electrons. The number of imidazole rings is 1. The van der Waals surface area contributed by atoms with Crippen molar-refractivity contribution in [2.24, 2.45) is 0 Å². The molecule has 0 aliphatic carbocycles. The number of benzene rings is 3. The summed E-state index contributed by atoms with van der Waals surface area (Å²) in [7, 11) is 0. The minimum Gasteiger partial charge on any atom is -0.493 e. The van der Waals surface area contributed by atoms with Crippen LogP contribution in [0, 0.1) is 13.8 Å². The number of hydrogen-bond donors (Lipinski definition) is 1. The van der Waals surface area contributed by atoms with E-state index in [0.29, 0.717) is 12.4 Å². The van der Waals surface area contributed by atoms with Gasteiger partial charge in [-0.15, -0.1) is 0 Å². The van der Waals surface area contributed by atoms with Crippen LogP contribution in [0.15, 0.2) is 72.8 Å². The fraction of sp³-hybridized carbons (Fsp3) is 0.240. The Balaban J connectivity index is 1.55. The van der Waals surface area contributed by atoms with Gasteiger partial charge >= 0.3 is 0 Å². The fourth-order valence-electron chi connectivity index (χ4n) is 3.75. The van der Waals surface area contributed by atoms with Crippen LogP contribution < -0.4 is 4.74 Å². The molecule has 1 atom stereocenters. The van der Waals surface area contributed by atoms with Crippen molar-refractivity contribution < 1.29 is 9.84 Å². The van der Waals surface area contributed by atoms with Gasteiger partial charge in [-0.2, -0.15) is 0 Å². The lowest BCUT2D eigenvalue weighted by Crippen LogP contribution is -2.12. The maximum Gasteiger partial charge on any atom is 0.143 e. The Kier molecular flexibility index (Phi) is 5.63. The summed E-state index contributed by atoms with van der Waals surface area (Å²) in [6.07, 6.45) is 0.0611. The largest absolute Gasteiger partial charge is 0.493 e. The third-order valence-electron chi connectivity index (χ3n) is 5.23. The second-order valence-electron chi connectivity index (χ2n) is 7.35. The number of aromatic nitrogens is 2. The standard InChI is InChI=1S/C25H26N2O2/c1-18-10-8-11-19(2)24(18)29-17-9-16-27-22-15-7-6-14-21(22)26-25(27)23(28)20-12-4-3-5-13-20/h3-8,10-15,23,28H,9,16-17H2,1-2H3. The Hall–Kier alpha value is -3.11. The summed E-state index contributed by atoms with van der Waals surface area (Å²) in [5.74, 6) is 1.64. The monoisotopic (exact) mass is 386 g/mol. The summed E-state index contributed by atoms with van der Waals surface area (Å²) in [5.41, 5.74) is 5.07. The number of aliphatic hydroxyl groups is 1. The molecule has 0 spiro atoms. The summed E-state index contributed by atoms with van der Waals surface area (Å²) < 4.78 is 8.18. The summed E-state index contributed by atoms with van der Waals surface area (Å²) >= 11 is 0. The van der Waals surface area contributed by atoms with E-state index in [2.05, 4.69) is 36.6 Å². The van der Waals surface area contributed by atoms with E-state index >= 15 is 0 Å². The zero-order valence-electron chi connectivity index (χ0n) is 16.9. The first-order chi connectivity index (χ1) is 14.1. The lowest BCUT2D eigenvalue weighted by molar-refractivity contribution is 0.203. The minimum atomic E-state index is -0.761. The first-order valence-corrected chi connectivity index (χ1v) is 10.0. The molecule has 0 saturated carbocycles. The van der Waals surface area contributed by atoms with Gasteiger partial charge in [0.1, 0.15) is 17.7 Å². The van der Waals surface area contributed by atoms with Crippen molar-refractivity contribution in [3.63, 3.8) is 0 Å². The van der Waals surface area contributed by atoms with Gasteiger partial charge in [-0.1, -0.05) is 60.7 Å². The van der Waals surface area contributed by atoms with E-state index in [1.807, 2.05) is 54.6 Å². The lowest BCUT2D eigenvalue weighted by Gasteiger charge is -2.15. The molecule has 3 aromatic carbocycles. The van der Waals surface area contributed by atoms with Crippen LogP contribution in [0.2, 0.25) is 0 Å². The van der Waals surface area contributed by atoms with Gasteiger partial charge in [0.25, 0.3) is 0 Å². The van der Waals surface area contributed by atoms with E-state index in [1.54, 1.807) is 0 Å². The normalized spacial score (nSPS) is 12.2. The molecule has 1 N–H and O–H groups in total. The highest BCUT2D eigenvalue weighted by molar-refractivity contribution is 5.76. The molecular weight excluding hydrogens is 360 g/mol. The van der Waals surface area contributed by atoms with Crippen LogP contribution >= 0.6 is 0 Å². The second kappa shape index (κ2) is 8.50. The van der Waals surface area contributed by atoms with Gasteiger partial charge in [-0.05, 0) is 49.1 Å². The molecule has 0 aliphatic heterocycles. The molecule has 29 heavy (non-hydrogen) atoms. The highest BCUT2D eigenvalue weighted by Gasteiger charge is 2.19. The number of fused-ring (bicyclic) bond motifs is 1. The molecular formula is C25H26N2O2. The third kappa shape index (κ3) is 4.03. The zero-order chi connectivity index (χ0) is 20.2. The predicted molar refractivity (Wildman–Crippen MR) is 116 cm³/mol. The predicted octanol–water partition coefficient (Wildman–Crippen LogP) is 5.20. The number of aryl methyl sites for hydroxylation is 3. The van der Waals surface area contributed by atoms with Crippen molar-refractivity contribution in [3.05, 3.63) is 95.3 Å². The molecule has 1 unspecified atom stereocenters. The van der Waals surface area contributed by atoms with Crippen LogP contribution in [-0.4, -0.2) is 21.3 Å². The molecule has 0 radical (unpaired) electrons. The first-order valence-electron chi connectivity index (χ1n) is 10.0. The molecule has 4 rings (SSSR count). The van der Waals surface area contributed by atoms with Gasteiger partial charge < -0.3 is 14.4 Å². The number of nitrogens with zero attached hydrogens (tertiary/aromatic N) is 2. The maximum absolute atomic E-state index is 11.0. The van der Waals surface area contributed by atoms with Crippen LogP contribution in [0.4, 0.5) is 0 Å². The number of rotatable bonds is 7. The summed E-state index contributed by atoms with van der Waals surface area (Å²) in [6, 6.07) is 23.9. The maximum atomic E-state index is 11.0. The number of hydrogen-bond acceptors (Lipinski definition) is 3. The number of aliphatic hydroxyl groups excluding tert-OH is 1. The van der Waals surface area contributed by atoms with E-state index in [1.165, 1.54) is 0 Å². The number of ether oxygens (including phenoxy) is 1. The molecule has 0 saturated heterocycles. The van der Waals surface area contributed by atoms with Gasteiger partial charge in [0, 0.05) is 6.54 Å². The van der Waals surface area contributed by atoms with Gasteiger partial charge in [0.2, 0.25) is 0 Å². The Morgan fingerprint density at radius 1 is 0.897 bits per heavy atom.